The molecule has 1 amide bonds. The zero-order chi connectivity index (χ0) is 15.2. The number of esters is 1. The average Bonchev–Trinajstić information content (AvgIpc) is 2.66. The van der Waals surface area contributed by atoms with Gasteiger partial charge in [0, 0.05) is 26.7 Å². The zero-order valence-corrected chi connectivity index (χ0v) is 12.6. The monoisotopic (exact) mass is 290 g/mol. The maximum Gasteiger partial charge on any atom is 0.314 e. The number of rotatable bonds is 4. The van der Waals surface area contributed by atoms with Crippen molar-refractivity contribution in [2.75, 3.05) is 40.3 Å². The van der Waals surface area contributed by atoms with Crippen LogP contribution in [0.5, 0.6) is 0 Å². The molecule has 1 heterocycles. The van der Waals surface area contributed by atoms with Gasteiger partial charge in [-0.2, -0.15) is 0 Å². The molecule has 1 fully saturated rings. The summed E-state index contributed by atoms with van der Waals surface area (Å²) in [5.74, 6) is -0.511. The van der Waals surface area contributed by atoms with Crippen LogP contribution in [0.1, 0.15) is 17.9 Å². The van der Waals surface area contributed by atoms with E-state index >= 15 is 0 Å². The molecule has 0 bridgehead atoms. The molecule has 2 rings (SSSR count). The second kappa shape index (κ2) is 7.22. The molecule has 5 nitrogen and oxygen atoms in total. The van der Waals surface area contributed by atoms with Gasteiger partial charge in [0.25, 0.3) is 0 Å². The molecule has 0 aromatic heterocycles. The minimum absolute atomic E-state index is 0.101. The van der Waals surface area contributed by atoms with E-state index in [4.69, 9.17) is 4.74 Å². The number of amides is 1. The standard InChI is InChI=1S/C16H22N2O3/c1-17-9-6-10-18(12-15(17)19)11-14(16(20)21-2)13-7-4-3-5-8-13/h3-5,7-8,14H,6,9-12H2,1-2H3. The summed E-state index contributed by atoms with van der Waals surface area (Å²) in [5.41, 5.74) is 0.925. The van der Waals surface area contributed by atoms with Gasteiger partial charge in [-0.15, -0.1) is 0 Å². The van der Waals surface area contributed by atoms with Gasteiger partial charge in [0.05, 0.1) is 19.6 Å². The molecule has 1 aromatic rings. The van der Waals surface area contributed by atoms with Crippen molar-refractivity contribution in [3.8, 4) is 0 Å². The van der Waals surface area contributed by atoms with Crippen LogP contribution in [0, 0.1) is 0 Å². The fraction of sp³-hybridized carbons (Fsp3) is 0.500. The SMILES string of the molecule is COC(=O)C(CN1CCCN(C)C(=O)C1)c1ccccc1. The molecule has 1 aromatic carbocycles. The Morgan fingerprint density at radius 1 is 1.29 bits per heavy atom. The Labute approximate surface area is 125 Å². The zero-order valence-electron chi connectivity index (χ0n) is 12.6. The molecule has 1 unspecified atom stereocenters. The highest BCUT2D eigenvalue weighted by Gasteiger charge is 2.27. The van der Waals surface area contributed by atoms with E-state index in [1.54, 1.807) is 4.90 Å². The van der Waals surface area contributed by atoms with Crippen LogP contribution >= 0.6 is 0 Å². The molecule has 0 saturated carbocycles. The van der Waals surface area contributed by atoms with E-state index in [2.05, 4.69) is 0 Å². The van der Waals surface area contributed by atoms with E-state index in [9.17, 15) is 9.59 Å². The molecule has 1 atom stereocenters. The number of hydrogen-bond donors (Lipinski definition) is 0. The van der Waals surface area contributed by atoms with Crippen LogP contribution in [0.2, 0.25) is 0 Å². The predicted octanol–water partition coefficient (Wildman–Crippen LogP) is 1.11. The van der Waals surface area contributed by atoms with Crippen molar-refractivity contribution in [3.05, 3.63) is 35.9 Å². The molecular formula is C16H22N2O3. The Morgan fingerprint density at radius 3 is 2.67 bits per heavy atom. The van der Waals surface area contributed by atoms with Gasteiger partial charge in [-0.1, -0.05) is 30.3 Å². The minimum Gasteiger partial charge on any atom is -0.469 e. The molecule has 21 heavy (non-hydrogen) atoms. The van der Waals surface area contributed by atoms with Crippen LogP contribution < -0.4 is 0 Å². The third kappa shape index (κ3) is 4.04. The number of benzene rings is 1. The Morgan fingerprint density at radius 2 is 2.00 bits per heavy atom. The van der Waals surface area contributed by atoms with E-state index in [-0.39, 0.29) is 17.8 Å². The lowest BCUT2D eigenvalue weighted by atomic mass is 9.98. The van der Waals surface area contributed by atoms with E-state index in [1.807, 2.05) is 42.3 Å². The van der Waals surface area contributed by atoms with Gasteiger partial charge >= 0.3 is 5.97 Å². The summed E-state index contributed by atoms with van der Waals surface area (Å²) in [6, 6.07) is 9.59. The van der Waals surface area contributed by atoms with Crippen LogP contribution in [0.3, 0.4) is 0 Å². The Kier molecular flexibility index (Phi) is 5.33. The van der Waals surface area contributed by atoms with Gasteiger partial charge in [-0.25, -0.2) is 0 Å². The normalized spacial score (nSPS) is 18.2. The first-order valence-electron chi connectivity index (χ1n) is 7.21. The van der Waals surface area contributed by atoms with Crippen molar-refractivity contribution in [2.45, 2.75) is 12.3 Å². The maximum absolute atomic E-state index is 12.1. The van der Waals surface area contributed by atoms with Gasteiger partial charge in [0.2, 0.25) is 5.91 Å². The van der Waals surface area contributed by atoms with Gasteiger partial charge in [-0.3, -0.25) is 14.5 Å². The largest absolute Gasteiger partial charge is 0.469 e. The Hall–Kier alpha value is -1.88. The third-order valence-electron chi connectivity index (χ3n) is 3.88. The highest BCUT2D eigenvalue weighted by Crippen LogP contribution is 2.19. The molecule has 5 heteroatoms. The molecule has 1 aliphatic heterocycles. The number of nitrogens with zero attached hydrogens (tertiary/aromatic N) is 2. The van der Waals surface area contributed by atoms with Crippen LogP contribution in [-0.2, 0) is 14.3 Å². The molecular weight excluding hydrogens is 268 g/mol. The number of carbonyl (C=O) groups excluding carboxylic acids is 2. The minimum atomic E-state index is -0.354. The van der Waals surface area contributed by atoms with Crippen LogP contribution in [0.4, 0.5) is 0 Å². The quantitative estimate of drug-likeness (QED) is 0.779. The number of ether oxygens (including phenoxy) is 1. The second-order valence-corrected chi connectivity index (χ2v) is 5.39. The third-order valence-corrected chi connectivity index (χ3v) is 3.88. The van der Waals surface area contributed by atoms with E-state index in [1.165, 1.54) is 7.11 Å². The molecule has 1 aliphatic rings. The van der Waals surface area contributed by atoms with Crippen molar-refractivity contribution >= 4 is 11.9 Å². The smallest absolute Gasteiger partial charge is 0.314 e. The van der Waals surface area contributed by atoms with Crippen molar-refractivity contribution in [1.82, 2.24) is 9.80 Å². The van der Waals surface area contributed by atoms with Gasteiger partial charge in [0.1, 0.15) is 0 Å². The summed E-state index contributed by atoms with van der Waals surface area (Å²) in [5, 5.41) is 0. The first-order valence-corrected chi connectivity index (χ1v) is 7.21. The average molecular weight is 290 g/mol. The number of hydrogen-bond acceptors (Lipinski definition) is 4. The summed E-state index contributed by atoms with van der Waals surface area (Å²) in [7, 11) is 3.22. The van der Waals surface area contributed by atoms with Gasteiger partial charge in [-0.05, 0) is 12.0 Å². The molecule has 0 aliphatic carbocycles. The van der Waals surface area contributed by atoms with Crippen molar-refractivity contribution in [2.24, 2.45) is 0 Å². The van der Waals surface area contributed by atoms with Crippen LogP contribution in [0.15, 0.2) is 30.3 Å². The lowest BCUT2D eigenvalue weighted by Gasteiger charge is -2.24. The molecule has 0 radical (unpaired) electrons. The molecule has 114 valence electrons. The van der Waals surface area contributed by atoms with Crippen molar-refractivity contribution in [3.63, 3.8) is 0 Å². The topological polar surface area (TPSA) is 49.9 Å². The Balaban J connectivity index is 2.12. The predicted molar refractivity (Wildman–Crippen MR) is 79.9 cm³/mol. The highest BCUT2D eigenvalue weighted by atomic mass is 16.5. The van der Waals surface area contributed by atoms with E-state index in [0.29, 0.717) is 13.1 Å². The van der Waals surface area contributed by atoms with E-state index < -0.39 is 0 Å². The molecule has 0 N–H and O–H groups in total. The van der Waals surface area contributed by atoms with Crippen molar-refractivity contribution in [1.29, 1.82) is 0 Å². The number of methoxy groups -OCH3 is 1. The van der Waals surface area contributed by atoms with E-state index in [0.717, 1.165) is 25.1 Å². The fourth-order valence-electron chi connectivity index (χ4n) is 2.60. The maximum atomic E-state index is 12.1. The van der Waals surface area contributed by atoms with Crippen LogP contribution in [-0.4, -0.2) is 62.0 Å². The number of carbonyl (C=O) groups is 2. The highest BCUT2D eigenvalue weighted by molar-refractivity contribution is 5.80. The Bertz CT molecular complexity index is 490. The summed E-state index contributed by atoms with van der Waals surface area (Å²) in [6.45, 7) is 2.45. The summed E-state index contributed by atoms with van der Waals surface area (Å²) in [4.78, 5) is 27.8. The second-order valence-electron chi connectivity index (χ2n) is 5.39. The number of likely N-dealkylation sites (N-methyl/N-ethyl adjacent to an activating group) is 1. The van der Waals surface area contributed by atoms with Crippen molar-refractivity contribution < 1.29 is 14.3 Å². The van der Waals surface area contributed by atoms with Crippen LogP contribution in [0.25, 0.3) is 0 Å². The lowest BCUT2D eigenvalue weighted by Crippen LogP contribution is -2.38. The fourth-order valence-corrected chi connectivity index (χ4v) is 2.60. The summed E-state index contributed by atoms with van der Waals surface area (Å²) < 4.78 is 4.93. The van der Waals surface area contributed by atoms with Gasteiger partial charge < -0.3 is 9.64 Å². The molecule has 1 saturated heterocycles. The summed E-state index contributed by atoms with van der Waals surface area (Å²) in [6.07, 6.45) is 0.922. The van der Waals surface area contributed by atoms with Gasteiger partial charge in [0.15, 0.2) is 0 Å². The lowest BCUT2D eigenvalue weighted by molar-refractivity contribution is -0.143. The first kappa shape index (κ1) is 15.5. The summed E-state index contributed by atoms with van der Waals surface area (Å²) >= 11 is 0. The molecule has 0 spiro atoms. The first-order chi connectivity index (χ1) is 10.1.